The fraction of sp³-hybridized carbons (Fsp3) is 0.500. The van der Waals surface area contributed by atoms with Crippen LogP contribution >= 0.6 is 0 Å². The number of anilines is 1. The van der Waals surface area contributed by atoms with E-state index in [2.05, 4.69) is 20.8 Å². The molecule has 1 unspecified atom stereocenters. The van der Waals surface area contributed by atoms with Gasteiger partial charge in [0.15, 0.2) is 0 Å². The first-order valence-corrected chi connectivity index (χ1v) is 7.92. The largest absolute Gasteiger partial charge is 0.369 e. The molecule has 1 aromatic heterocycles. The Kier molecular flexibility index (Phi) is 4.23. The maximum Gasteiger partial charge on any atom is 0.322 e. The number of urea groups is 1. The van der Waals surface area contributed by atoms with Gasteiger partial charge in [-0.1, -0.05) is 6.07 Å². The summed E-state index contributed by atoms with van der Waals surface area (Å²) in [5.41, 5.74) is 2.15. The monoisotopic (exact) mass is 330 g/mol. The molecule has 2 amide bonds. The maximum atomic E-state index is 12.7. The number of tetrazole rings is 1. The molecule has 0 spiro atoms. The van der Waals surface area contributed by atoms with Crippen molar-refractivity contribution in [2.75, 3.05) is 18.4 Å². The molecule has 1 atom stereocenters. The summed E-state index contributed by atoms with van der Waals surface area (Å²) in [5.74, 6) is 0. The van der Waals surface area contributed by atoms with Gasteiger partial charge in [-0.3, -0.25) is 0 Å². The van der Waals surface area contributed by atoms with E-state index < -0.39 is 0 Å². The molecule has 1 aliphatic heterocycles. The minimum absolute atomic E-state index is 0.00755. The number of aromatic nitrogens is 4. The highest BCUT2D eigenvalue weighted by atomic mass is 16.5. The topological polar surface area (TPSA) is 85.2 Å². The minimum atomic E-state index is -0.349. The molecule has 3 rings (SSSR count). The summed E-state index contributed by atoms with van der Waals surface area (Å²) in [6.45, 7) is 9.03. The predicted molar refractivity (Wildman–Crippen MR) is 89.1 cm³/mol. The summed E-state index contributed by atoms with van der Waals surface area (Å²) in [5, 5.41) is 14.1. The average Bonchev–Trinajstić information content (AvgIpc) is 3.01. The number of carbonyl (C=O) groups excluding carboxylic acids is 1. The summed E-state index contributed by atoms with van der Waals surface area (Å²) in [6, 6.07) is 5.56. The van der Waals surface area contributed by atoms with Gasteiger partial charge < -0.3 is 15.0 Å². The van der Waals surface area contributed by atoms with Crippen LogP contribution in [0.15, 0.2) is 24.5 Å². The van der Waals surface area contributed by atoms with Crippen LogP contribution in [0.4, 0.5) is 10.5 Å². The Bertz CT molecular complexity index is 728. The highest BCUT2D eigenvalue weighted by molar-refractivity contribution is 5.90. The summed E-state index contributed by atoms with van der Waals surface area (Å²) < 4.78 is 7.40. The lowest BCUT2D eigenvalue weighted by Crippen LogP contribution is -2.54. The van der Waals surface area contributed by atoms with Crippen molar-refractivity contribution in [3.63, 3.8) is 0 Å². The first-order chi connectivity index (χ1) is 11.3. The van der Waals surface area contributed by atoms with Crippen LogP contribution in [0.25, 0.3) is 5.69 Å². The Morgan fingerprint density at radius 3 is 2.88 bits per heavy atom. The SMILES string of the molecule is Cc1ccc(-n2cnnn2)cc1NC(=O)N1CC(C)OC(C)(C)C1. The number of benzene rings is 1. The molecule has 8 nitrogen and oxygen atoms in total. The van der Waals surface area contributed by atoms with E-state index in [1.54, 1.807) is 9.58 Å². The van der Waals surface area contributed by atoms with Crippen molar-refractivity contribution >= 4 is 11.7 Å². The first-order valence-electron chi connectivity index (χ1n) is 7.92. The fourth-order valence-corrected chi connectivity index (χ4v) is 2.97. The van der Waals surface area contributed by atoms with Gasteiger partial charge >= 0.3 is 6.03 Å². The molecule has 1 aliphatic rings. The Balaban J connectivity index is 1.78. The number of ether oxygens (including phenoxy) is 1. The second-order valence-corrected chi connectivity index (χ2v) is 6.75. The molecule has 0 radical (unpaired) electrons. The zero-order valence-electron chi connectivity index (χ0n) is 14.4. The number of amides is 2. The van der Waals surface area contributed by atoms with Crippen molar-refractivity contribution in [2.24, 2.45) is 0 Å². The van der Waals surface area contributed by atoms with Crippen LogP contribution in [0.1, 0.15) is 26.3 Å². The van der Waals surface area contributed by atoms with E-state index in [1.807, 2.05) is 45.9 Å². The smallest absolute Gasteiger partial charge is 0.322 e. The van der Waals surface area contributed by atoms with Gasteiger partial charge in [-0.25, -0.2) is 9.48 Å². The van der Waals surface area contributed by atoms with E-state index in [-0.39, 0.29) is 17.7 Å². The third kappa shape index (κ3) is 3.53. The number of aryl methyl sites for hydroxylation is 1. The number of hydrogen-bond donors (Lipinski definition) is 1. The third-order valence-corrected chi connectivity index (χ3v) is 3.93. The molecule has 2 aromatic rings. The number of morpholine rings is 1. The summed E-state index contributed by atoms with van der Waals surface area (Å²) in [7, 11) is 0. The van der Waals surface area contributed by atoms with Crippen LogP contribution in [-0.4, -0.2) is 55.9 Å². The molecular formula is C16H22N6O2. The number of carbonyl (C=O) groups is 1. The molecule has 128 valence electrons. The van der Waals surface area contributed by atoms with Gasteiger partial charge in [0.1, 0.15) is 6.33 Å². The molecule has 1 aromatic carbocycles. The minimum Gasteiger partial charge on any atom is -0.369 e. The molecule has 1 fully saturated rings. The van der Waals surface area contributed by atoms with Gasteiger partial charge in [-0.2, -0.15) is 0 Å². The average molecular weight is 330 g/mol. The molecule has 8 heteroatoms. The lowest BCUT2D eigenvalue weighted by atomic mass is 10.1. The summed E-state index contributed by atoms with van der Waals surface area (Å²) >= 11 is 0. The Hall–Kier alpha value is -2.48. The Labute approximate surface area is 140 Å². The second-order valence-electron chi connectivity index (χ2n) is 6.75. The van der Waals surface area contributed by atoms with E-state index in [9.17, 15) is 4.79 Å². The zero-order valence-corrected chi connectivity index (χ0v) is 14.4. The quantitative estimate of drug-likeness (QED) is 0.910. The zero-order chi connectivity index (χ0) is 17.3. The van der Waals surface area contributed by atoms with Crippen molar-refractivity contribution in [1.29, 1.82) is 0 Å². The highest BCUT2D eigenvalue weighted by Crippen LogP contribution is 2.23. The molecule has 0 aliphatic carbocycles. The van der Waals surface area contributed by atoms with Crippen LogP contribution in [0.5, 0.6) is 0 Å². The van der Waals surface area contributed by atoms with Gasteiger partial charge in [0.2, 0.25) is 0 Å². The summed E-state index contributed by atoms with van der Waals surface area (Å²) in [6.07, 6.45) is 1.52. The highest BCUT2D eigenvalue weighted by Gasteiger charge is 2.33. The van der Waals surface area contributed by atoms with E-state index in [1.165, 1.54) is 6.33 Å². The van der Waals surface area contributed by atoms with Gasteiger partial charge in [0.05, 0.1) is 23.9 Å². The van der Waals surface area contributed by atoms with E-state index >= 15 is 0 Å². The van der Waals surface area contributed by atoms with Crippen LogP contribution in [0.2, 0.25) is 0 Å². The van der Waals surface area contributed by atoms with Crippen LogP contribution in [-0.2, 0) is 4.74 Å². The lowest BCUT2D eigenvalue weighted by Gasteiger charge is -2.41. The van der Waals surface area contributed by atoms with Gasteiger partial charge in [0.25, 0.3) is 0 Å². The first kappa shape index (κ1) is 16.4. The van der Waals surface area contributed by atoms with E-state index in [4.69, 9.17) is 4.74 Å². The molecule has 0 saturated carbocycles. The summed E-state index contributed by atoms with van der Waals surface area (Å²) in [4.78, 5) is 14.5. The Morgan fingerprint density at radius 2 is 2.21 bits per heavy atom. The molecule has 2 heterocycles. The second kappa shape index (κ2) is 6.20. The van der Waals surface area contributed by atoms with Gasteiger partial charge in [-0.05, 0) is 55.8 Å². The number of nitrogens with zero attached hydrogens (tertiary/aromatic N) is 5. The van der Waals surface area contributed by atoms with Crippen molar-refractivity contribution in [1.82, 2.24) is 25.1 Å². The molecule has 1 N–H and O–H groups in total. The van der Waals surface area contributed by atoms with Gasteiger partial charge in [0, 0.05) is 12.2 Å². The molecule has 1 saturated heterocycles. The molecule has 0 bridgehead atoms. The predicted octanol–water partition coefficient (Wildman–Crippen LogP) is 2.00. The number of hydrogen-bond acceptors (Lipinski definition) is 5. The molecular weight excluding hydrogens is 308 g/mol. The maximum absolute atomic E-state index is 12.7. The van der Waals surface area contributed by atoms with Gasteiger partial charge in [-0.15, -0.1) is 5.10 Å². The lowest BCUT2D eigenvalue weighted by molar-refractivity contribution is -0.116. The normalized spacial score (nSPS) is 20.0. The van der Waals surface area contributed by atoms with Crippen LogP contribution in [0, 0.1) is 6.92 Å². The van der Waals surface area contributed by atoms with Crippen molar-refractivity contribution < 1.29 is 9.53 Å². The third-order valence-electron chi connectivity index (χ3n) is 3.93. The van der Waals surface area contributed by atoms with Crippen molar-refractivity contribution in [2.45, 2.75) is 39.4 Å². The standard InChI is InChI=1S/C16H22N6O2/c1-11-5-6-13(22-10-17-19-20-22)7-14(11)18-15(23)21-8-12(2)24-16(3,4)9-21/h5-7,10,12H,8-9H2,1-4H3,(H,18,23). The van der Waals surface area contributed by atoms with E-state index in [0.29, 0.717) is 13.1 Å². The van der Waals surface area contributed by atoms with Crippen LogP contribution in [0.3, 0.4) is 0 Å². The number of rotatable bonds is 2. The number of nitrogens with one attached hydrogen (secondary N) is 1. The molecule has 24 heavy (non-hydrogen) atoms. The van der Waals surface area contributed by atoms with E-state index in [0.717, 1.165) is 16.9 Å². The van der Waals surface area contributed by atoms with Crippen molar-refractivity contribution in [3.8, 4) is 5.69 Å². The van der Waals surface area contributed by atoms with Crippen LogP contribution < -0.4 is 5.32 Å². The van der Waals surface area contributed by atoms with Crippen molar-refractivity contribution in [3.05, 3.63) is 30.1 Å². The Morgan fingerprint density at radius 1 is 1.42 bits per heavy atom. The fourth-order valence-electron chi connectivity index (χ4n) is 2.97.